The third-order valence-corrected chi connectivity index (χ3v) is 1.03. The standard InChI is InChI=1S/C5H9N5O.CH4/c1-4(11)7-5-2-10(3-6)9-8-5;/h2H,3,6H2,1H3,(H,7,11);1H4. The van der Waals surface area contributed by atoms with E-state index in [1.165, 1.54) is 11.6 Å². The second-order valence-electron chi connectivity index (χ2n) is 2.01. The SMILES string of the molecule is C.CC(=O)Nc1cn(CN)nn1. The molecular weight excluding hydrogens is 158 g/mol. The van der Waals surface area contributed by atoms with Crippen LogP contribution >= 0.6 is 0 Å². The van der Waals surface area contributed by atoms with Gasteiger partial charge in [0.05, 0.1) is 12.9 Å². The molecule has 0 unspecified atom stereocenters. The van der Waals surface area contributed by atoms with Crippen molar-refractivity contribution in [3.05, 3.63) is 6.20 Å². The molecule has 0 spiro atoms. The highest BCUT2D eigenvalue weighted by molar-refractivity contribution is 5.87. The van der Waals surface area contributed by atoms with E-state index in [2.05, 4.69) is 15.6 Å². The van der Waals surface area contributed by atoms with Crippen molar-refractivity contribution in [3.63, 3.8) is 0 Å². The maximum atomic E-state index is 10.5. The number of amides is 1. The van der Waals surface area contributed by atoms with E-state index >= 15 is 0 Å². The predicted octanol–water partition coefficient (Wildman–Crippen LogP) is -0.211. The summed E-state index contributed by atoms with van der Waals surface area (Å²) in [7, 11) is 0. The van der Waals surface area contributed by atoms with Gasteiger partial charge in [0, 0.05) is 6.92 Å². The number of hydrogen-bond acceptors (Lipinski definition) is 4. The minimum atomic E-state index is -0.172. The van der Waals surface area contributed by atoms with Gasteiger partial charge in [0.25, 0.3) is 0 Å². The van der Waals surface area contributed by atoms with Crippen LogP contribution in [0.25, 0.3) is 0 Å². The maximum Gasteiger partial charge on any atom is 0.222 e. The molecule has 1 heterocycles. The van der Waals surface area contributed by atoms with Crippen LogP contribution < -0.4 is 11.1 Å². The van der Waals surface area contributed by atoms with E-state index in [-0.39, 0.29) is 20.0 Å². The fraction of sp³-hybridized carbons (Fsp3) is 0.500. The molecule has 6 nitrogen and oxygen atoms in total. The molecule has 0 radical (unpaired) electrons. The lowest BCUT2D eigenvalue weighted by molar-refractivity contribution is -0.114. The fourth-order valence-electron chi connectivity index (χ4n) is 0.625. The van der Waals surface area contributed by atoms with Crippen molar-refractivity contribution in [1.82, 2.24) is 15.0 Å². The summed E-state index contributed by atoms with van der Waals surface area (Å²) in [4.78, 5) is 10.5. The van der Waals surface area contributed by atoms with Crippen molar-refractivity contribution in [2.45, 2.75) is 21.0 Å². The summed E-state index contributed by atoms with van der Waals surface area (Å²) < 4.78 is 1.42. The van der Waals surface area contributed by atoms with Gasteiger partial charge in [0.15, 0.2) is 5.82 Å². The first-order valence-corrected chi connectivity index (χ1v) is 3.10. The summed E-state index contributed by atoms with van der Waals surface area (Å²) in [6.45, 7) is 1.66. The number of carbonyl (C=O) groups excluding carboxylic acids is 1. The van der Waals surface area contributed by atoms with Crippen LogP contribution in [0, 0.1) is 0 Å². The van der Waals surface area contributed by atoms with Gasteiger partial charge in [-0.15, -0.1) is 5.10 Å². The summed E-state index contributed by atoms with van der Waals surface area (Å²) in [5.41, 5.74) is 5.24. The van der Waals surface area contributed by atoms with Crippen molar-refractivity contribution in [1.29, 1.82) is 0 Å². The van der Waals surface area contributed by atoms with Crippen LogP contribution in [0.3, 0.4) is 0 Å². The smallest absolute Gasteiger partial charge is 0.222 e. The summed E-state index contributed by atoms with van der Waals surface area (Å²) in [6, 6.07) is 0. The molecule has 0 aliphatic rings. The van der Waals surface area contributed by atoms with Crippen LogP contribution in [0.15, 0.2) is 6.20 Å². The molecule has 1 amide bonds. The number of nitrogens with one attached hydrogen (secondary N) is 1. The van der Waals surface area contributed by atoms with E-state index in [4.69, 9.17) is 5.73 Å². The Bertz CT molecular complexity index is 256. The topological polar surface area (TPSA) is 85.8 Å². The Labute approximate surface area is 70.7 Å². The van der Waals surface area contributed by atoms with Crippen LogP contribution in [0.5, 0.6) is 0 Å². The van der Waals surface area contributed by atoms with Crippen LogP contribution in [-0.2, 0) is 11.5 Å². The number of anilines is 1. The second kappa shape index (κ2) is 4.45. The maximum absolute atomic E-state index is 10.5. The number of hydrogen-bond donors (Lipinski definition) is 2. The monoisotopic (exact) mass is 171 g/mol. The van der Waals surface area contributed by atoms with Crippen LogP contribution in [-0.4, -0.2) is 20.9 Å². The first-order valence-electron chi connectivity index (χ1n) is 3.10. The van der Waals surface area contributed by atoms with Crippen LogP contribution in [0.4, 0.5) is 5.82 Å². The highest BCUT2D eigenvalue weighted by Gasteiger charge is 1.99. The normalized spacial score (nSPS) is 8.83. The van der Waals surface area contributed by atoms with Gasteiger partial charge in [-0.3, -0.25) is 4.79 Å². The molecule has 0 atom stereocenters. The summed E-state index contributed by atoms with van der Waals surface area (Å²) in [5, 5.41) is 9.71. The van der Waals surface area contributed by atoms with Gasteiger partial charge < -0.3 is 11.1 Å². The van der Waals surface area contributed by atoms with E-state index in [9.17, 15) is 4.79 Å². The van der Waals surface area contributed by atoms with Crippen LogP contribution in [0.1, 0.15) is 14.4 Å². The Hall–Kier alpha value is -1.43. The number of nitrogens with two attached hydrogens (primary N) is 1. The molecule has 0 saturated carbocycles. The lowest BCUT2D eigenvalue weighted by Crippen LogP contribution is -2.07. The van der Waals surface area contributed by atoms with Gasteiger partial charge in [-0.25, -0.2) is 4.68 Å². The van der Waals surface area contributed by atoms with E-state index in [0.29, 0.717) is 5.82 Å². The quantitative estimate of drug-likeness (QED) is 0.644. The average molecular weight is 171 g/mol. The van der Waals surface area contributed by atoms with Crippen molar-refractivity contribution in [2.24, 2.45) is 5.73 Å². The molecule has 0 aliphatic carbocycles. The molecule has 6 heteroatoms. The molecule has 12 heavy (non-hydrogen) atoms. The van der Waals surface area contributed by atoms with Gasteiger partial charge >= 0.3 is 0 Å². The highest BCUT2D eigenvalue weighted by Crippen LogP contribution is 1.97. The lowest BCUT2D eigenvalue weighted by atomic mass is 10.6. The molecule has 1 aromatic heterocycles. The molecule has 0 saturated heterocycles. The van der Waals surface area contributed by atoms with E-state index in [0.717, 1.165) is 0 Å². The molecular formula is C6H13N5O. The third kappa shape index (κ3) is 2.67. The number of nitrogens with zero attached hydrogens (tertiary/aromatic N) is 3. The Balaban J connectivity index is 0.00000121. The second-order valence-corrected chi connectivity index (χ2v) is 2.01. The lowest BCUT2D eigenvalue weighted by Gasteiger charge is -1.91. The van der Waals surface area contributed by atoms with E-state index < -0.39 is 0 Å². The van der Waals surface area contributed by atoms with Crippen molar-refractivity contribution >= 4 is 11.7 Å². The van der Waals surface area contributed by atoms with Crippen LogP contribution in [0.2, 0.25) is 0 Å². The average Bonchev–Trinajstić information content (AvgIpc) is 2.34. The minimum Gasteiger partial charge on any atom is -0.312 e. The molecule has 0 aromatic carbocycles. The largest absolute Gasteiger partial charge is 0.312 e. The summed E-state index contributed by atoms with van der Waals surface area (Å²) >= 11 is 0. The van der Waals surface area contributed by atoms with Crippen molar-refractivity contribution in [3.8, 4) is 0 Å². The van der Waals surface area contributed by atoms with Gasteiger partial charge in [0.1, 0.15) is 0 Å². The molecule has 3 N–H and O–H groups in total. The number of carbonyl (C=O) groups is 1. The first-order chi connectivity index (χ1) is 5.22. The van der Waals surface area contributed by atoms with Gasteiger partial charge in [-0.2, -0.15) is 0 Å². The Morgan fingerprint density at radius 3 is 2.92 bits per heavy atom. The number of aromatic nitrogens is 3. The number of rotatable bonds is 2. The Kier molecular flexibility index (Phi) is 3.92. The zero-order valence-corrected chi connectivity index (χ0v) is 6.11. The zero-order valence-electron chi connectivity index (χ0n) is 6.11. The molecule has 0 bridgehead atoms. The van der Waals surface area contributed by atoms with Crippen molar-refractivity contribution < 1.29 is 4.79 Å². The minimum absolute atomic E-state index is 0. The Morgan fingerprint density at radius 1 is 1.83 bits per heavy atom. The molecule has 68 valence electrons. The highest BCUT2D eigenvalue weighted by atomic mass is 16.1. The summed E-state index contributed by atoms with van der Waals surface area (Å²) in [6.07, 6.45) is 1.56. The van der Waals surface area contributed by atoms with Crippen molar-refractivity contribution in [2.75, 3.05) is 5.32 Å². The molecule has 1 rings (SSSR count). The fourth-order valence-corrected chi connectivity index (χ4v) is 0.625. The molecule has 1 aromatic rings. The summed E-state index contributed by atoms with van der Waals surface area (Å²) in [5.74, 6) is 0.247. The first kappa shape index (κ1) is 10.6. The molecule has 0 aliphatic heterocycles. The van der Waals surface area contributed by atoms with Gasteiger partial charge in [-0.1, -0.05) is 12.6 Å². The zero-order chi connectivity index (χ0) is 8.27. The van der Waals surface area contributed by atoms with E-state index in [1.807, 2.05) is 0 Å². The molecule has 0 fully saturated rings. The Morgan fingerprint density at radius 2 is 2.50 bits per heavy atom. The van der Waals surface area contributed by atoms with Gasteiger partial charge in [0.2, 0.25) is 5.91 Å². The van der Waals surface area contributed by atoms with E-state index in [1.54, 1.807) is 6.20 Å². The van der Waals surface area contributed by atoms with Gasteiger partial charge in [-0.05, 0) is 0 Å². The third-order valence-electron chi connectivity index (χ3n) is 1.03. The predicted molar refractivity (Wildman–Crippen MR) is 45.2 cm³/mol.